The molecular formula is C15H16N2O2S. The number of aryl methyl sites for hydroxylation is 1. The fourth-order valence-corrected chi connectivity index (χ4v) is 2.39. The molecule has 0 aliphatic heterocycles. The lowest BCUT2D eigenvalue weighted by Gasteiger charge is -2.00. The van der Waals surface area contributed by atoms with Crippen LogP contribution in [0, 0.1) is 11.8 Å². The highest BCUT2D eigenvalue weighted by Crippen LogP contribution is 2.14. The Hall–Kier alpha value is -2.03. The van der Waals surface area contributed by atoms with Crippen LogP contribution < -0.4 is 11.1 Å². The summed E-state index contributed by atoms with van der Waals surface area (Å²) in [5, 5.41) is 4.78. The molecule has 2 aromatic heterocycles. The van der Waals surface area contributed by atoms with Crippen LogP contribution in [0.5, 0.6) is 0 Å². The average Bonchev–Trinajstić information content (AvgIpc) is 3.11. The van der Waals surface area contributed by atoms with Crippen LogP contribution in [-0.2, 0) is 13.0 Å². The van der Waals surface area contributed by atoms with Crippen LogP contribution in [0.1, 0.15) is 33.7 Å². The Morgan fingerprint density at radius 3 is 3.05 bits per heavy atom. The molecule has 1 amide bonds. The third-order valence-electron chi connectivity index (χ3n) is 2.65. The molecular weight excluding hydrogens is 272 g/mol. The lowest BCUT2D eigenvalue weighted by atomic mass is 10.3. The number of rotatable bonds is 4. The van der Waals surface area contributed by atoms with Crippen LogP contribution in [0.25, 0.3) is 0 Å². The molecule has 2 aromatic rings. The maximum Gasteiger partial charge on any atom is 0.287 e. The smallest absolute Gasteiger partial charge is 0.287 e. The van der Waals surface area contributed by atoms with Crippen molar-refractivity contribution in [3.63, 3.8) is 0 Å². The van der Waals surface area contributed by atoms with E-state index in [0.717, 1.165) is 22.6 Å². The van der Waals surface area contributed by atoms with E-state index < -0.39 is 0 Å². The molecule has 0 unspecified atom stereocenters. The van der Waals surface area contributed by atoms with Crippen molar-refractivity contribution in [1.82, 2.24) is 5.32 Å². The van der Waals surface area contributed by atoms with Crippen LogP contribution in [-0.4, -0.2) is 12.5 Å². The fraction of sp³-hybridized carbons (Fsp3) is 0.267. The van der Waals surface area contributed by atoms with Crippen molar-refractivity contribution < 1.29 is 9.21 Å². The quantitative estimate of drug-likeness (QED) is 0.847. The van der Waals surface area contributed by atoms with Crippen molar-refractivity contribution >= 4 is 17.2 Å². The molecule has 0 aliphatic carbocycles. The van der Waals surface area contributed by atoms with Crippen LogP contribution >= 0.6 is 11.3 Å². The first-order chi connectivity index (χ1) is 9.72. The Morgan fingerprint density at radius 2 is 2.35 bits per heavy atom. The Labute approximate surface area is 122 Å². The Balaban J connectivity index is 1.91. The number of hydrogen-bond acceptors (Lipinski definition) is 4. The van der Waals surface area contributed by atoms with Gasteiger partial charge in [-0.3, -0.25) is 4.79 Å². The summed E-state index contributed by atoms with van der Waals surface area (Å²) in [4.78, 5) is 12.9. The highest BCUT2D eigenvalue weighted by molar-refractivity contribution is 7.10. The van der Waals surface area contributed by atoms with E-state index in [1.165, 1.54) is 0 Å². The fourth-order valence-electron chi connectivity index (χ4n) is 1.64. The summed E-state index contributed by atoms with van der Waals surface area (Å²) in [5.41, 5.74) is 6.25. The lowest BCUT2D eigenvalue weighted by Crippen LogP contribution is -2.21. The summed E-state index contributed by atoms with van der Waals surface area (Å²) < 4.78 is 5.40. The van der Waals surface area contributed by atoms with Crippen LogP contribution in [0.2, 0.25) is 0 Å². The predicted molar refractivity (Wildman–Crippen MR) is 79.5 cm³/mol. The van der Waals surface area contributed by atoms with Gasteiger partial charge in [-0.2, -0.15) is 0 Å². The molecule has 0 saturated carbocycles. The molecule has 0 bridgehead atoms. The maximum atomic E-state index is 11.9. The highest BCUT2D eigenvalue weighted by atomic mass is 32.1. The van der Waals surface area contributed by atoms with E-state index in [1.807, 2.05) is 24.4 Å². The first-order valence-electron chi connectivity index (χ1n) is 6.36. The third kappa shape index (κ3) is 3.73. The molecule has 0 aromatic carbocycles. The highest BCUT2D eigenvalue weighted by Gasteiger charge is 2.10. The van der Waals surface area contributed by atoms with Gasteiger partial charge in [-0.15, -0.1) is 11.3 Å². The minimum absolute atomic E-state index is 0.201. The number of thiophene rings is 1. The van der Waals surface area contributed by atoms with E-state index in [2.05, 4.69) is 17.2 Å². The van der Waals surface area contributed by atoms with Crippen molar-refractivity contribution in [1.29, 1.82) is 0 Å². The molecule has 5 heteroatoms. The van der Waals surface area contributed by atoms with E-state index in [9.17, 15) is 4.79 Å². The van der Waals surface area contributed by atoms with Crippen molar-refractivity contribution in [3.05, 3.63) is 45.5 Å². The van der Waals surface area contributed by atoms with Gasteiger partial charge < -0.3 is 15.5 Å². The molecule has 0 aliphatic rings. The Kier molecular flexibility index (Phi) is 4.99. The Morgan fingerprint density at radius 1 is 1.50 bits per heavy atom. The average molecular weight is 288 g/mol. The predicted octanol–water partition coefficient (Wildman–Crippen LogP) is 2.14. The summed E-state index contributed by atoms with van der Waals surface area (Å²) in [6.07, 6.45) is 0.779. The van der Waals surface area contributed by atoms with E-state index in [0.29, 0.717) is 18.8 Å². The van der Waals surface area contributed by atoms with Gasteiger partial charge in [0.2, 0.25) is 0 Å². The number of carbonyl (C=O) groups excluding carboxylic acids is 1. The van der Waals surface area contributed by atoms with Gasteiger partial charge in [0.05, 0.1) is 13.1 Å². The van der Waals surface area contributed by atoms with Gasteiger partial charge >= 0.3 is 0 Å². The topological polar surface area (TPSA) is 68.3 Å². The summed E-state index contributed by atoms with van der Waals surface area (Å²) in [7, 11) is 0. The van der Waals surface area contributed by atoms with Gasteiger partial charge in [0, 0.05) is 22.2 Å². The van der Waals surface area contributed by atoms with E-state index >= 15 is 0 Å². The summed E-state index contributed by atoms with van der Waals surface area (Å²) in [5.74, 6) is 6.72. The molecule has 20 heavy (non-hydrogen) atoms. The molecule has 2 rings (SSSR count). The van der Waals surface area contributed by atoms with Gasteiger partial charge in [-0.05, 0) is 18.2 Å². The zero-order valence-electron chi connectivity index (χ0n) is 11.2. The maximum absolute atomic E-state index is 11.9. The lowest BCUT2D eigenvalue weighted by molar-refractivity contribution is 0.0922. The zero-order valence-corrected chi connectivity index (χ0v) is 12.0. The number of carbonyl (C=O) groups is 1. The van der Waals surface area contributed by atoms with Gasteiger partial charge in [0.25, 0.3) is 5.91 Å². The second-order valence-corrected chi connectivity index (χ2v) is 5.11. The van der Waals surface area contributed by atoms with Crippen molar-refractivity contribution in [2.45, 2.75) is 19.9 Å². The van der Waals surface area contributed by atoms with Crippen molar-refractivity contribution in [2.24, 2.45) is 5.73 Å². The van der Waals surface area contributed by atoms with Crippen LogP contribution in [0.4, 0.5) is 0 Å². The Bertz CT molecular complexity index is 646. The summed E-state index contributed by atoms with van der Waals surface area (Å²) in [6.45, 7) is 2.80. The van der Waals surface area contributed by atoms with E-state index in [4.69, 9.17) is 10.2 Å². The van der Waals surface area contributed by atoms with Crippen LogP contribution in [0.15, 0.2) is 28.0 Å². The number of amides is 1. The molecule has 104 valence electrons. The molecule has 0 spiro atoms. The minimum Gasteiger partial charge on any atom is -0.456 e. The number of nitrogens with one attached hydrogen (secondary N) is 1. The minimum atomic E-state index is -0.201. The largest absolute Gasteiger partial charge is 0.456 e. The van der Waals surface area contributed by atoms with Gasteiger partial charge in [-0.1, -0.05) is 18.8 Å². The summed E-state index contributed by atoms with van der Waals surface area (Å²) >= 11 is 1.56. The third-order valence-corrected chi connectivity index (χ3v) is 3.58. The number of furan rings is 1. The normalized spacial score (nSPS) is 9.90. The molecule has 0 radical (unpaired) electrons. The monoisotopic (exact) mass is 288 g/mol. The van der Waals surface area contributed by atoms with Crippen molar-refractivity contribution in [2.75, 3.05) is 6.54 Å². The van der Waals surface area contributed by atoms with Gasteiger partial charge in [0.15, 0.2) is 5.76 Å². The second kappa shape index (κ2) is 6.94. The number of nitrogens with two attached hydrogens (primary N) is 1. The van der Waals surface area contributed by atoms with Gasteiger partial charge in [-0.25, -0.2) is 0 Å². The van der Waals surface area contributed by atoms with E-state index in [-0.39, 0.29) is 5.91 Å². The first-order valence-corrected chi connectivity index (χ1v) is 7.24. The standard InChI is InChI=1S/C15H16N2O2S/c1-2-12-5-6-14(19-12)15(18)17-9-13-8-11(10-20-13)4-3-7-16/h5-6,8,10H,2,7,9,16H2,1H3,(H,17,18). The number of hydrogen-bond donors (Lipinski definition) is 2. The molecule has 0 saturated heterocycles. The van der Waals surface area contributed by atoms with Gasteiger partial charge in [0.1, 0.15) is 5.76 Å². The zero-order chi connectivity index (χ0) is 14.4. The van der Waals surface area contributed by atoms with E-state index in [1.54, 1.807) is 17.4 Å². The van der Waals surface area contributed by atoms with Crippen LogP contribution in [0.3, 0.4) is 0 Å². The molecule has 3 N–H and O–H groups in total. The molecule has 0 fully saturated rings. The van der Waals surface area contributed by atoms with Crippen molar-refractivity contribution in [3.8, 4) is 11.8 Å². The first kappa shape index (κ1) is 14.4. The molecule has 0 atom stereocenters. The summed E-state index contributed by atoms with van der Waals surface area (Å²) in [6, 6.07) is 5.47. The molecule has 4 nitrogen and oxygen atoms in total. The molecule has 2 heterocycles. The second-order valence-electron chi connectivity index (χ2n) is 4.11. The SMILES string of the molecule is CCc1ccc(C(=O)NCc2cc(C#CCN)cs2)o1.